The van der Waals surface area contributed by atoms with Crippen molar-refractivity contribution in [3.63, 3.8) is 0 Å². The lowest BCUT2D eigenvalue weighted by Crippen LogP contribution is -2.07. The summed E-state index contributed by atoms with van der Waals surface area (Å²) >= 11 is 0. The first-order chi connectivity index (χ1) is 14.3. The fourth-order valence-electron chi connectivity index (χ4n) is 4.49. The first kappa shape index (κ1) is 17.7. The molecular formula is C26H24N2O. The molecule has 6 rings (SSSR count). The van der Waals surface area contributed by atoms with E-state index in [0.29, 0.717) is 0 Å². The van der Waals surface area contributed by atoms with Crippen molar-refractivity contribution in [2.75, 3.05) is 7.11 Å². The molecule has 3 heterocycles. The zero-order valence-electron chi connectivity index (χ0n) is 17.1. The summed E-state index contributed by atoms with van der Waals surface area (Å²) in [5.74, 6) is 0.866. The minimum atomic E-state index is 0.866. The number of hydrogen-bond donors (Lipinski definition) is 0. The third-order valence-electron chi connectivity index (χ3n) is 5.76. The summed E-state index contributed by atoms with van der Waals surface area (Å²) in [6.45, 7) is 4.00. The number of aromatic nitrogens is 2. The van der Waals surface area contributed by atoms with E-state index in [1.807, 2.05) is 26.1 Å². The van der Waals surface area contributed by atoms with Crippen LogP contribution in [0.1, 0.15) is 25.1 Å². The van der Waals surface area contributed by atoms with Gasteiger partial charge in [-0.25, -0.2) is 4.98 Å². The summed E-state index contributed by atoms with van der Waals surface area (Å²) in [6, 6.07) is 21.7. The molecule has 2 aromatic heterocycles. The van der Waals surface area contributed by atoms with Gasteiger partial charge in [-0.1, -0.05) is 44.2 Å². The maximum atomic E-state index is 5.48. The fraction of sp³-hybridized carbons (Fsp3) is 0.192. The molecule has 3 aromatic carbocycles. The van der Waals surface area contributed by atoms with Crippen molar-refractivity contribution < 1.29 is 4.74 Å². The molecule has 0 aliphatic carbocycles. The van der Waals surface area contributed by atoms with Crippen LogP contribution in [-0.2, 0) is 12.8 Å². The van der Waals surface area contributed by atoms with E-state index in [-0.39, 0.29) is 0 Å². The predicted octanol–water partition coefficient (Wildman–Crippen LogP) is 6.44. The van der Waals surface area contributed by atoms with E-state index < -0.39 is 0 Å². The van der Waals surface area contributed by atoms with Crippen molar-refractivity contribution >= 4 is 27.3 Å². The Bertz CT molecular complexity index is 1350. The highest BCUT2D eigenvalue weighted by molar-refractivity contribution is 6.14. The van der Waals surface area contributed by atoms with E-state index in [4.69, 9.17) is 9.72 Å². The molecule has 0 radical (unpaired) electrons. The van der Waals surface area contributed by atoms with Crippen molar-refractivity contribution in [2.45, 2.75) is 26.7 Å². The topological polar surface area (TPSA) is 26.5 Å². The number of pyridine rings is 1. The quantitative estimate of drug-likeness (QED) is 0.329. The Morgan fingerprint density at radius 2 is 1.66 bits per heavy atom. The number of fused-ring (bicyclic) bond motifs is 3. The highest BCUT2D eigenvalue weighted by atomic mass is 16.5. The normalized spacial score (nSPS) is 12.4. The molecule has 0 atom stereocenters. The van der Waals surface area contributed by atoms with E-state index in [1.165, 1.54) is 38.7 Å². The van der Waals surface area contributed by atoms with Gasteiger partial charge in [-0.05, 0) is 65.3 Å². The van der Waals surface area contributed by atoms with Crippen LogP contribution in [0.5, 0.6) is 5.75 Å². The van der Waals surface area contributed by atoms with Crippen molar-refractivity contribution in [3.05, 3.63) is 78.1 Å². The molecule has 3 nitrogen and oxygen atoms in total. The van der Waals surface area contributed by atoms with Crippen LogP contribution >= 0.6 is 0 Å². The Kier molecular flexibility index (Phi) is 4.24. The highest BCUT2D eigenvalue weighted by Gasteiger charge is 2.21. The monoisotopic (exact) mass is 380 g/mol. The van der Waals surface area contributed by atoms with Crippen LogP contribution in [-0.4, -0.2) is 16.5 Å². The molecule has 1 aliphatic heterocycles. The minimum Gasteiger partial charge on any atom is -0.497 e. The first-order valence-electron chi connectivity index (χ1n) is 10.3. The smallest absolute Gasteiger partial charge is 0.145 e. The van der Waals surface area contributed by atoms with E-state index in [1.54, 1.807) is 7.11 Å². The van der Waals surface area contributed by atoms with Gasteiger partial charge in [-0.3, -0.25) is 4.40 Å². The SMILES string of the molecule is CC.COc1ccc2c(c1)c1ncc3n1c1c(cc(-c4ccccc4)cc21)CC3. The summed E-state index contributed by atoms with van der Waals surface area (Å²) < 4.78 is 7.84. The fourth-order valence-corrected chi connectivity index (χ4v) is 4.49. The van der Waals surface area contributed by atoms with Crippen LogP contribution in [0.25, 0.3) is 38.4 Å². The van der Waals surface area contributed by atoms with Crippen molar-refractivity contribution in [3.8, 4) is 16.9 Å². The maximum Gasteiger partial charge on any atom is 0.145 e. The summed E-state index contributed by atoms with van der Waals surface area (Å²) in [7, 11) is 1.71. The first-order valence-corrected chi connectivity index (χ1v) is 10.3. The standard InChI is InChI=1S/C24H18N2O.C2H6/c1-27-19-9-10-20-21-12-17(15-5-3-2-4-6-15)11-16-7-8-18-14-25-24(22(20)13-19)26(18)23(16)21;1-2/h2-6,9-14H,7-8H2,1H3;1-2H3. The maximum absolute atomic E-state index is 5.48. The van der Waals surface area contributed by atoms with Crippen LogP contribution in [0.15, 0.2) is 66.9 Å². The van der Waals surface area contributed by atoms with Gasteiger partial charge in [0.15, 0.2) is 0 Å². The Labute approximate surface area is 170 Å². The number of rotatable bonds is 2. The number of hydrogen-bond acceptors (Lipinski definition) is 2. The van der Waals surface area contributed by atoms with Crippen molar-refractivity contribution in [1.29, 1.82) is 0 Å². The molecule has 0 saturated heterocycles. The second-order valence-corrected chi connectivity index (χ2v) is 7.22. The van der Waals surface area contributed by atoms with Gasteiger partial charge in [0, 0.05) is 22.7 Å². The van der Waals surface area contributed by atoms with Gasteiger partial charge in [0.1, 0.15) is 11.4 Å². The molecule has 0 saturated carbocycles. The van der Waals surface area contributed by atoms with E-state index in [0.717, 1.165) is 29.6 Å². The molecule has 144 valence electrons. The van der Waals surface area contributed by atoms with Crippen molar-refractivity contribution in [2.24, 2.45) is 0 Å². The summed E-state index contributed by atoms with van der Waals surface area (Å²) in [5, 5.41) is 3.66. The molecule has 0 bridgehead atoms. The molecular weight excluding hydrogens is 356 g/mol. The van der Waals surface area contributed by atoms with Gasteiger partial charge in [0.2, 0.25) is 0 Å². The van der Waals surface area contributed by atoms with Gasteiger partial charge >= 0.3 is 0 Å². The Morgan fingerprint density at radius 1 is 0.828 bits per heavy atom. The molecule has 0 spiro atoms. The molecule has 0 fully saturated rings. The number of methoxy groups -OCH3 is 1. The largest absolute Gasteiger partial charge is 0.497 e. The molecule has 1 aliphatic rings. The number of benzene rings is 3. The van der Waals surface area contributed by atoms with Crippen molar-refractivity contribution in [1.82, 2.24) is 9.38 Å². The van der Waals surface area contributed by atoms with E-state index >= 15 is 0 Å². The number of ether oxygens (including phenoxy) is 1. The molecule has 0 N–H and O–H groups in total. The van der Waals surface area contributed by atoms with Gasteiger partial charge in [-0.2, -0.15) is 0 Å². The third kappa shape index (κ3) is 2.61. The molecule has 5 aromatic rings. The lowest BCUT2D eigenvalue weighted by Gasteiger charge is -2.20. The molecule has 29 heavy (non-hydrogen) atoms. The molecule has 0 amide bonds. The minimum absolute atomic E-state index is 0.866. The number of aryl methyl sites for hydroxylation is 2. The van der Waals surface area contributed by atoms with Gasteiger partial charge < -0.3 is 4.74 Å². The zero-order valence-corrected chi connectivity index (χ0v) is 17.1. The summed E-state index contributed by atoms with van der Waals surface area (Å²) in [4.78, 5) is 4.76. The van der Waals surface area contributed by atoms with Crippen LogP contribution in [0, 0.1) is 0 Å². The Balaban J connectivity index is 0.000000882. The molecule has 0 unspecified atom stereocenters. The number of imidazole rings is 1. The molecule has 3 heteroatoms. The average molecular weight is 380 g/mol. The predicted molar refractivity (Wildman–Crippen MR) is 121 cm³/mol. The lowest BCUT2D eigenvalue weighted by atomic mass is 9.92. The van der Waals surface area contributed by atoms with Gasteiger partial charge in [-0.15, -0.1) is 0 Å². The summed E-state index contributed by atoms with van der Waals surface area (Å²) in [6.07, 6.45) is 4.11. The number of nitrogens with zero attached hydrogens (tertiary/aromatic N) is 2. The highest BCUT2D eigenvalue weighted by Crippen LogP contribution is 2.38. The second kappa shape index (κ2) is 6.93. The van der Waals surface area contributed by atoms with Crippen LogP contribution in [0.2, 0.25) is 0 Å². The summed E-state index contributed by atoms with van der Waals surface area (Å²) in [5.41, 5.74) is 7.56. The Morgan fingerprint density at radius 3 is 2.45 bits per heavy atom. The van der Waals surface area contributed by atoms with Crippen LogP contribution in [0.3, 0.4) is 0 Å². The average Bonchev–Trinajstić information content (AvgIpc) is 3.25. The zero-order chi connectivity index (χ0) is 20.0. The second-order valence-electron chi connectivity index (χ2n) is 7.22. The van der Waals surface area contributed by atoms with Crippen LogP contribution < -0.4 is 4.74 Å². The lowest BCUT2D eigenvalue weighted by molar-refractivity contribution is 0.415. The Hall–Kier alpha value is -3.33. The van der Waals surface area contributed by atoms with Gasteiger partial charge in [0.05, 0.1) is 12.6 Å². The van der Waals surface area contributed by atoms with Gasteiger partial charge in [0.25, 0.3) is 0 Å². The van der Waals surface area contributed by atoms with Crippen LogP contribution in [0.4, 0.5) is 0 Å². The van der Waals surface area contributed by atoms with E-state index in [2.05, 4.69) is 59.0 Å². The third-order valence-corrected chi connectivity index (χ3v) is 5.76. The van der Waals surface area contributed by atoms with E-state index in [9.17, 15) is 0 Å².